The highest BCUT2D eigenvalue weighted by atomic mass is 32.2. The van der Waals surface area contributed by atoms with E-state index < -0.39 is 5.97 Å². The highest BCUT2D eigenvalue weighted by Crippen LogP contribution is 2.13. The molecule has 1 atom stereocenters. The van der Waals surface area contributed by atoms with E-state index in [2.05, 4.69) is 20.7 Å². The predicted octanol–water partition coefficient (Wildman–Crippen LogP) is 0.623. The number of amides is 2. The van der Waals surface area contributed by atoms with Gasteiger partial charge in [0.2, 0.25) is 5.91 Å². The molecule has 1 fully saturated rings. The van der Waals surface area contributed by atoms with Crippen molar-refractivity contribution in [2.75, 3.05) is 37.0 Å². The van der Waals surface area contributed by atoms with E-state index in [1.807, 2.05) is 11.8 Å². The standard InChI is InChI=1S/C16H21N3O4S/c1-23-15(21)9-18-16(22)11-2-4-12(5-3-11)19-14(20)8-13-10-24-7-6-17-13/h2-5,13,17H,6-10H2,1H3,(H,18,22)(H,19,20). The first kappa shape index (κ1) is 18.3. The molecule has 1 heterocycles. The summed E-state index contributed by atoms with van der Waals surface area (Å²) in [6, 6.07) is 6.71. The second-order valence-corrected chi connectivity index (χ2v) is 6.46. The molecule has 8 heteroatoms. The number of benzene rings is 1. The van der Waals surface area contributed by atoms with Gasteiger partial charge >= 0.3 is 5.97 Å². The number of esters is 1. The van der Waals surface area contributed by atoms with Crippen molar-refractivity contribution in [2.45, 2.75) is 12.5 Å². The Bertz CT molecular complexity index is 585. The summed E-state index contributed by atoms with van der Waals surface area (Å²) in [5.41, 5.74) is 1.04. The minimum atomic E-state index is -0.512. The van der Waals surface area contributed by atoms with Crippen LogP contribution in [0.15, 0.2) is 24.3 Å². The summed E-state index contributed by atoms with van der Waals surface area (Å²) in [5, 5.41) is 8.59. The number of carbonyl (C=O) groups is 3. The number of methoxy groups -OCH3 is 1. The van der Waals surface area contributed by atoms with Gasteiger partial charge in [-0.3, -0.25) is 14.4 Å². The molecule has 1 aromatic rings. The summed E-state index contributed by atoms with van der Waals surface area (Å²) < 4.78 is 4.45. The van der Waals surface area contributed by atoms with Gasteiger partial charge in [-0.25, -0.2) is 0 Å². The third kappa shape index (κ3) is 5.86. The Kier molecular flexibility index (Phi) is 7.07. The molecule has 0 spiro atoms. The molecule has 1 unspecified atom stereocenters. The molecule has 7 nitrogen and oxygen atoms in total. The molecule has 2 rings (SSSR count). The number of carbonyl (C=O) groups excluding carboxylic acids is 3. The predicted molar refractivity (Wildman–Crippen MR) is 93.2 cm³/mol. The van der Waals surface area contributed by atoms with Crippen molar-refractivity contribution < 1.29 is 19.1 Å². The Morgan fingerprint density at radius 2 is 2.04 bits per heavy atom. The Hall–Kier alpha value is -2.06. The van der Waals surface area contributed by atoms with Gasteiger partial charge in [-0.2, -0.15) is 11.8 Å². The molecule has 1 saturated heterocycles. The van der Waals surface area contributed by atoms with Crippen molar-refractivity contribution in [2.24, 2.45) is 0 Å². The molecule has 0 aromatic heterocycles. The normalized spacial score (nSPS) is 17.0. The number of hydrogen-bond acceptors (Lipinski definition) is 6. The van der Waals surface area contributed by atoms with Crippen LogP contribution in [0.2, 0.25) is 0 Å². The molecule has 1 aliphatic heterocycles. The topological polar surface area (TPSA) is 96.5 Å². The maximum atomic E-state index is 12.0. The average molecular weight is 351 g/mol. The van der Waals surface area contributed by atoms with Crippen LogP contribution in [-0.2, 0) is 14.3 Å². The van der Waals surface area contributed by atoms with Gasteiger partial charge in [-0.05, 0) is 24.3 Å². The minimum absolute atomic E-state index is 0.0575. The molecular weight excluding hydrogens is 330 g/mol. The molecule has 1 aliphatic rings. The first-order valence-electron chi connectivity index (χ1n) is 7.64. The summed E-state index contributed by atoms with van der Waals surface area (Å²) in [6.45, 7) is 0.748. The lowest BCUT2D eigenvalue weighted by molar-refractivity contribution is -0.139. The van der Waals surface area contributed by atoms with Crippen LogP contribution in [0.5, 0.6) is 0 Å². The molecule has 0 bridgehead atoms. The number of hydrogen-bond donors (Lipinski definition) is 3. The van der Waals surface area contributed by atoms with Gasteiger partial charge in [-0.1, -0.05) is 0 Å². The fourth-order valence-corrected chi connectivity index (χ4v) is 3.17. The molecule has 3 N–H and O–H groups in total. The van der Waals surface area contributed by atoms with Crippen LogP contribution in [-0.4, -0.2) is 55.5 Å². The Balaban J connectivity index is 1.81. The minimum Gasteiger partial charge on any atom is -0.468 e. The molecule has 1 aromatic carbocycles. The summed E-state index contributed by atoms with van der Waals surface area (Å²) in [7, 11) is 1.26. The lowest BCUT2D eigenvalue weighted by Crippen LogP contribution is -2.39. The smallest absolute Gasteiger partial charge is 0.325 e. The largest absolute Gasteiger partial charge is 0.468 e. The summed E-state index contributed by atoms with van der Waals surface area (Å²) in [4.78, 5) is 34.9. The molecule has 0 aliphatic carbocycles. The first-order chi connectivity index (χ1) is 11.6. The molecule has 130 valence electrons. The van der Waals surface area contributed by atoms with Crippen molar-refractivity contribution >= 4 is 35.2 Å². The quantitative estimate of drug-likeness (QED) is 0.650. The Labute approximate surface area is 144 Å². The fraction of sp³-hybridized carbons (Fsp3) is 0.438. The second kappa shape index (κ2) is 9.29. The van der Waals surface area contributed by atoms with E-state index in [0.717, 1.165) is 18.1 Å². The number of rotatable bonds is 6. The highest BCUT2D eigenvalue weighted by molar-refractivity contribution is 7.99. The third-order valence-corrected chi connectivity index (χ3v) is 4.61. The van der Waals surface area contributed by atoms with Gasteiger partial charge in [0.15, 0.2) is 0 Å². The van der Waals surface area contributed by atoms with Gasteiger partial charge in [0, 0.05) is 41.8 Å². The van der Waals surface area contributed by atoms with Crippen molar-refractivity contribution in [3.8, 4) is 0 Å². The average Bonchev–Trinajstić information content (AvgIpc) is 2.60. The van der Waals surface area contributed by atoms with Gasteiger partial charge < -0.3 is 20.7 Å². The van der Waals surface area contributed by atoms with Crippen molar-refractivity contribution in [3.63, 3.8) is 0 Å². The summed E-state index contributed by atoms with van der Waals surface area (Å²) >= 11 is 1.84. The van der Waals surface area contributed by atoms with Crippen LogP contribution in [0, 0.1) is 0 Å². The second-order valence-electron chi connectivity index (χ2n) is 5.31. The number of thioether (sulfide) groups is 1. The highest BCUT2D eigenvalue weighted by Gasteiger charge is 2.16. The van der Waals surface area contributed by atoms with E-state index in [1.54, 1.807) is 24.3 Å². The molecular formula is C16H21N3O4S. The van der Waals surface area contributed by atoms with Crippen LogP contribution < -0.4 is 16.0 Å². The number of nitrogens with one attached hydrogen (secondary N) is 3. The zero-order valence-electron chi connectivity index (χ0n) is 13.5. The number of ether oxygens (including phenoxy) is 1. The monoisotopic (exact) mass is 351 g/mol. The lowest BCUT2D eigenvalue weighted by Gasteiger charge is -2.22. The van der Waals surface area contributed by atoms with Gasteiger partial charge in [0.05, 0.1) is 7.11 Å². The fourth-order valence-electron chi connectivity index (χ4n) is 2.22. The summed E-state index contributed by atoms with van der Waals surface area (Å²) in [6.07, 6.45) is 0.425. The Morgan fingerprint density at radius 3 is 2.67 bits per heavy atom. The van der Waals surface area contributed by atoms with E-state index in [4.69, 9.17) is 0 Å². The summed E-state index contributed by atoms with van der Waals surface area (Å²) in [5.74, 6) is 1.07. The lowest BCUT2D eigenvalue weighted by atomic mass is 10.1. The molecule has 0 radical (unpaired) electrons. The van der Waals surface area contributed by atoms with Gasteiger partial charge in [0.25, 0.3) is 5.91 Å². The SMILES string of the molecule is COC(=O)CNC(=O)c1ccc(NC(=O)CC2CSCCN2)cc1. The third-order valence-electron chi connectivity index (χ3n) is 3.48. The molecule has 0 saturated carbocycles. The maximum Gasteiger partial charge on any atom is 0.325 e. The van der Waals surface area contributed by atoms with Gasteiger partial charge in [0.1, 0.15) is 6.54 Å². The van der Waals surface area contributed by atoms with Crippen LogP contribution in [0.25, 0.3) is 0 Å². The van der Waals surface area contributed by atoms with Crippen molar-refractivity contribution in [1.82, 2.24) is 10.6 Å². The molecule has 24 heavy (non-hydrogen) atoms. The van der Waals surface area contributed by atoms with E-state index >= 15 is 0 Å². The zero-order chi connectivity index (χ0) is 17.4. The Morgan fingerprint density at radius 1 is 1.29 bits per heavy atom. The van der Waals surface area contributed by atoms with E-state index in [-0.39, 0.29) is 24.4 Å². The van der Waals surface area contributed by atoms with Crippen molar-refractivity contribution in [3.05, 3.63) is 29.8 Å². The maximum absolute atomic E-state index is 12.0. The van der Waals surface area contributed by atoms with E-state index in [9.17, 15) is 14.4 Å². The first-order valence-corrected chi connectivity index (χ1v) is 8.80. The number of anilines is 1. The zero-order valence-corrected chi connectivity index (χ0v) is 14.3. The molecule has 2 amide bonds. The van der Waals surface area contributed by atoms with Crippen LogP contribution in [0.1, 0.15) is 16.8 Å². The van der Waals surface area contributed by atoms with Crippen LogP contribution >= 0.6 is 11.8 Å². The van der Waals surface area contributed by atoms with Crippen LogP contribution in [0.3, 0.4) is 0 Å². The van der Waals surface area contributed by atoms with Gasteiger partial charge in [-0.15, -0.1) is 0 Å². The van der Waals surface area contributed by atoms with E-state index in [1.165, 1.54) is 7.11 Å². The van der Waals surface area contributed by atoms with Crippen LogP contribution in [0.4, 0.5) is 5.69 Å². The van der Waals surface area contributed by atoms with Crippen molar-refractivity contribution in [1.29, 1.82) is 0 Å². The van der Waals surface area contributed by atoms with E-state index in [0.29, 0.717) is 17.7 Å².